The minimum absolute atomic E-state index is 0.0415. The SMILES string of the molecule is C=C[C@@H]1CCN(C(=O)CC#N)C[C@@H]1N(C)c1ncnc2c1ccn2C(=O)NCC(=O)NCC(=O)NCC(=O)N[C@H](CCCCN)C(=O)OC. The van der Waals surface area contributed by atoms with Crippen LogP contribution in [0, 0.1) is 17.2 Å². The normalized spacial score (nSPS) is 16.1. The molecule has 1 aliphatic heterocycles. The molecule has 264 valence electrons. The number of piperidine rings is 1. The number of carbonyl (C=O) groups excluding carboxylic acids is 6. The zero-order valence-electron chi connectivity index (χ0n) is 27.6. The van der Waals surface area contributed by atoms with E-state index in [1.807, 2.05) is 24.1 Å². The summed E-state index contributed by atoms with van der Waals surface area (Å²) in [4.78, 5) is 86.3. The predicted molar refractivity (Wildman–Crippen MR) is 177 cm³/mol. The second-order valence-electron chi connectivity index (χ2n) is 11.3. The lowest BCUT2D eigenvalue weighted by Crippen LogP contribution is -2.53. The van der Waals surface area contributed by atoms with E-state index in [-0.39, 0.29) is 29.9 Å². The van der Waals surface area contributed by atoms with Gasteiger partial charge in [0.1, 0.15) is 24.6 Å². The number of aromatic nitrogens is 3. The zero-order chi connectivity index (χ0) is 35.9. The molecule has 0 aromatic carbocycles. The molecule has 18 nitrogen and oxygen atoms in total. The molecule has 0 unspecified atom stereocenters. The van der Waals surface area contributed by atoms with E-state index in [4.69, 9.17) is 15.7 Å². The number of esters is 1. The zero-order valence-corrected chi connectivity index (χ0v) is 27.6. The minimum Gasteiger partial charge on any atom is -0.467 e. The van der Waals surface area contributed by atoms with Crippen molar-refractivity contribution in [2.45, 2.75) is 44.2 Å². The first-order valence-corrected chi connectivity index (χ1v) is 15.8. The molecule has 1 fully saturated rings. The Balaban J connectivity index is 1.52. The second kappa shape index (κ2) is 18.7. The van der Waals surface area contributed by atoms with Crippen LogP contribution in [0.15, 0.2) is 31.2 Å². The molecule has 3 rings (SSSR count). The number of nitrogens with zero attached hydrogens (tertiary/aromatic N) is 6. The molecule has 2 aromatic heterocycles. The first-order chi connectivity index (χ1) is 23.5. The number of anilines is 1. The van der Waals surface area contributed by atoms with Crippen LogP contribution in [-0.2, 0) is 28.7 Å². The Morgan fingerprint density at radius 1 is 1.12 bits per heavy atom. The third-order valence-corrected chi connectivity index (χ3v) is 8.09. The monoisotopic (exact) mass is 681 g/mol. The topological polar surface area (TPSA) is 247 Å². The third kappa shape index (κ3) is 10.5. The molecule has 49 heavy (non-hydrogen) atoms. The number of unbranched alkanes of at least 4 members (excludes halogenated alkanes) is 1. The van der Waals surface area contributed by atoms with Crippen LogP contribution in [-0.4, -0.2) is 121 Å². The summed E-state index contributed by atoms with van der Waals surface area (Å²) < 4.78 is 5.92. The largest absolute Gasteiger partial charge is 0.467 e. The number of ether oxygens (including phenoxy) is 1. The van der Waals surface area contributed by atoms with Gasteiger partial charge in [-0.2, -0.15) is 5.26 Å². The average Bonchev–Trinajstić information content (AvgIpc) is 3.55. The van der Waals surface area contributed by atoms with E-state index >= 15 is 0 Å². The maximum absolute atomic E-state index is 13.0. The summed E-state index contributed by atoms with van der Waals surface area (Å²) in [5, 5.41) is 19.2. The van der Waals surface area contributed by atoms with Crippen molar-refractivity contribution in [1.82, 2.24) is 40.7 Å². The van der Waals surface area contributed by atoms with Crippen molar-refractivity contribution >= 4 is 52.5 Å². The Morgan fingerprint density at radius 3 is 2.47 bits per heavy atom. The van der Waals surface area contributed by atoms with E-state index in [1.165, 1.54) is 24.2 Å². The van der Waals surface area contributed by atoms with Crippen molar-refractivity contribution in [3.05, 3.63) is 31.2 Å². The standard InChI is InChI=1S/C31H43N11O7/c1-4-20-9-13-41(27(46)8-12-33)18-23(20)40(2)28-21-10-14-42(29(21)38-19-37-28)31(48)36-16-25(44)34-15-24(43)35-17-26(45)39-22(30(47)49-3)7-5-6-11-32/h4,10,14,19-20,22-23H,1,5-9,11,13,15-18,32H2,2-3H3,(H,34,44)(H,35,43)(H,36,48)(H,39,45)/t20-,22-,23+/m1/s1. The van der Waals surface area contributed by atoms with Gasteiger partial charge in [-0.15, -0.1) is 6.58 Å². The highest BCUT2D eigenvalue weighted by Crippen LogP contribution is 2.30. The molecule has 3 atom stereocenters. The van der Waals surface area contributed by atoms with Gasteiger partial charge in [0, 0.05) is 32.3 Å². The molecule has 0 saturated carbocycles. The molecule has 3 heterocycles. The van der Waals surface area contributed by atoms with Gasteiger partial charge in [-0.3, -0.25) is 23.7 Å². The van der Waals surface area contributed by atoms with Gasteiger partial charge in [0.05, 0.1) is 44.2 Å². The lowest BCUT2D eigenvalue weighted by molar-refractivity contribution is -0.145. The fourth-order valence-corrected chi connectivity index (χ4v) is 5.43. The Hall–Kier alpha value is -5.57. The van der Waals surface area contributed by atoms with Gasteiger partial charge in [-0.25, -0.2) is 19.6 Å². The first kappa shape index (κ1) is 37.9. The summed E-state index contributed by atoms with van der Waals surface area (Å²) in [6.45, 7) is 3.93. The fraction of sp³-hybridized carbons (Fsp3) is 0.516. The van der Waals surface area contributed by atoms with Crippen molar-refractivity contribution in [2.24, 2.45) is 11.7 Å². The highest BCUT2D eigenvalue weighted by Gasteiger charge is 2.34. The quantitative estimate of drug-likeness (QED) is 0.0793. The Labute approximate surface area is 283 Å². The number of nitrogens with two attached hydrogens (primary N) is 1. The number of rotatable bonds is 16. The van der Waals surface area contributed by atoms with Gasteiger partial charge < -0.3 is 41.5 Å². The molecule has 0 radical (unpaired) electrons. The summed E-state index contributed by atoms with van der Waals surface area (Å²) in [6.07, 6.45) is 6.70. The molecule has 6 N–H and O–H groups in total. The lowest BCUT2D eigenvalue weighted by Gasteiger charge is -2.42. The Morgan fingerprint density at radius 2 is 1.82 bits per heavy atom. The number of hydrogen-bond donors (Lipinski definition) is 5. The van der Waals surface area contributed by atoms with Crippen molar-refractivity contribution in [3.63, 3.8) is 0 Å². The van der Waals surface area contributed by atoms with Crippen LogP contribution in [0.1, 0.15) is 32.1 Å². The summed E-state index contributed by atoms with van der Waals surface area (Å²) in [6, 6.07) is 1.85. The lowest BCUT2D eigenvalue weighted by atomic mass is 9.90. The Bertz CT molecular complexity index is 1570. The van der Waals surface area contributed by atoms with Crippen molar-refractivity contribution in [1.29, 1.82) is 5.26 Å². The first-order valence-electron chi connectivity index (χ1n) is 15.8. The number of likely N-dealkylation sites (N-methyl/N-ethyl adjacent to an activating group) is 1. The van der Waals surface area contributed by atoms with Crippen LogP contribution in [0.25, 0.3) is 11.0 Å². The highest BCUT2D eigenvalue weighted by molar-refractivity contribution is 5.96. The van der Waals surface area contributed by atoms with E-state index in [0.717, 1.165) is 0 Å². The number of methoxy groups -OCH3 is 1. The number of nitriles is 1. The van der Waals surface area contributed by atoms with Crippen LogP contribution in [0.3, 0.4) is 0 Å². The van der Waals surface area contributed by atoms with Gasteiger partial charge in [-0.1, -0.05) is 6.08 Å². The molecular formula is C31H43N11O7. The number of hydrogen-bond acceptors (Lipinski definition) is 12. The van der Waals surface area contributed by atoms with Crippen LogP contribution < -0.4 is 31.9 Å². The molecular weight excluding hydrogens is 638 g/mol. The molecule has 1 aliphatic rings. The maximum atomic E-state index is 13.0. The predicted octanol–water partition coefficient (Wildman–Crippen LogP) is -1.24. The highest BCUT2D eigenvalue weighted by atomic mass is 16.5. The van der Waals surface area contributed by atoms with E-state index < -0.39 is 55.4 Å². The summed E-state index contributed by atoms with van der Waals surface area (Å²) in [5.41, 5.74) is 5.75. The maximum Gasteiger partial charge on any atom is 0.328 e. The molecule has 0 spiro atoms. The van der Waals surface area contributed by atoms with E-state index in [1.54, 1.807) is 11.0 Å². The number of likely N-dealkylation sites (tertiary alicyclic amines) is 1. The minimum atomic E-state index is -0.874. The van der Waals surface area contributed by atoms with Gasteiger partial charge >= 0.3 is 12.0 Å². The molecule has 2 aromatic rings. The van der Waals surface area contributed by atoms with Crippen LogP contribution in [0.4, 0.5) is 10.6 Å². The van der Waals surface area contributed by atoms with Gasteiger partial charge in [0.2, 0.25) is 23.6 Å². The number of amides is 5. The molecule has 18 heteroatoms. The van der Waals surface area contributed by atoms with E-state index in [9.17, 15) is 28.8 Å². The van der Waals surface area contributed by atoms with Gasteiger partial charge in [0.25, 0.3) is 0 Å². The van der Waals surface area contributed by atoms with E-state index in [2.05, 4.69) is 37.8 Å². The number of nitrogens with one attached hydrogen (secondary N) is 4. The van der Waals surface area contributed by atoms with Gasteiger partial charge in [0.15, 0.2) is 5.65 Å². The fourth-order valence-electron chi connectivity index (χ4n) is 5.43. The van der Waals surface area contributed by atoms with Crippen LogP contribution >= 0.6 is 0 Å². The van der Waals surface area contributed by atoms with Crippen molar-refractivity contribution < 1.29 is 33.5 Å². The van der Waals surface area contributed by atoms with Crippen LogP contribution in [0.2, 0.25) is 0 Å². The Kier molecular flexibility index (Phi) is 14.4. The smallest absolute Gasteiger partial charge is 0.328 e. The third-order valence-electron chi connectivity index (χ3n) is 8.09. The molecule has 0 bridgehead atoms. The average molecular weight is 682 g/mol. The summed E-state index contributed by atoms with van der Waals surface area (Å²) in [5.74, 6) is -2.22. The van der Waals surface area contributed by atoms with E-state index in [0.29, 0.717) is 56.5 Å². The summed E-state index contributed by atoms with van der Waals surface area (Å²) in [7, 11) is 3.04. The molecule has 5 amide bonds. The second-order valence-corrected chi connectivity index (χ2v) is 11.3. The molecule has 0 aliphatic carbocycles. The summed E-state index contributed by atoms with van der Waals surface area (Å²) >= 11 is 0. The molecule has 1 saturated heterocycles. The van der Waals surface area contributed by atoms with Crippen LogP contribution in [0.5, 0.6) is 0 Å². The van der Waals surface area contributed by atoms with Gasteiger partial charge in [-0.05, 0) is 38.3 Å². The number of carbonyl (C=O) groups is 6. The van der Waals surface area contributed by atoms with Crippen molar-refractivity contribution in [2.75, 3.05) is 58.3 Å². The number of fused-ring (bicyclic) bond motifs is 1. The van der Waals surface area contributed by atoms with Crippen molar-refractivity contribution in [3.8, 4) is 6.07 Å².